The summed E-state index contributed by atoms with van der Waals surface area (Å²) in [5.74, 6) is 1.15. The van der Waals surface area contributed by atoms with Crippen molar-refractivity contribution in [2.24, 2.45) is 0 Å². The number of carbonyl (C=O) groups excluding carboxylic acids is 1. The summed E-state index contributed by atoms with van der Waals surface area (Å²) in [6.45, 7) is 4.31. The molecule has 23 heavy (non-hydrogen) atoms. The minimum atomic E-state index is -0.174. The summed E-state index contributed by atoms with van der Waals surface area (Å²) < 4.78 is 10.9. The van der Waals surface area contributed by atoms with Crippen molar-refractivity contribution in [2.45, 2.75) is 26.0 Å². The van der Waals surface area contributed by atoms with Crippen molar-refractivity contribution in [3.05, 3.63) is 48.0 Å². The third-order valence-corrected chi connectivity index (χ3v) is 3.31. The highest BCUT2D eigenvalue weighted by Crippen LogP contribution is 2.17. The summed E-state index contributed by atoms with van der Waals surface area (Å²) in [4.78, 5) is 18.4. The molecule has 2 aromatic heterocycles. The van der Waals surface area contributed by atoms with Crippen LogP contribution in [0.5, 0.6) is 5.88 Å². The van der Waals surface area contributed by atoms with E-state index in [-0.39, 0.29) is 18.1 Å². The Morgan fingerprint density at radius 2 is 2.13 bits per heavy atom. The van der Waals surface area contributed by atoms with Crippen molar-refractivity contribution in [3.8, 4) is 5.88 Å². The van der Waals surface area contributed by atoms with Gasteiger partial charge in [-0.15, -0.1) is 0 Å². The molecule has 2 heterocycles. The maximum absolute atomic E-state index is 12.2. The van der Waals surface area contributed by atoms with Crippen molar-refractivity contribution in [3.63, 3.8) is 0 Å². The maximum Gasteiger partial charge on any atom is 0.252 e. The Morgan fingerprint density at radius 1 is 1.35 bits per heavy atom. The Hall–Kier alpha value is -2.34. The molecular formula is C17H23N3O3. The van der Waals surface area contributed by atoms with E-state index < -0.39 is 0 Å². The van der Waals surface area contributed by atoms with Gasteiger partial charge in [0.05, 0.1) is 24.0 Å². The second kappa shape index (κ2) is 7.78. The summed E-state index contributed by atoms with van der Waals surface area (Å²) in [5, 5.41) is 2.91. The second-order valence-electron chi connectivity index (χ2n) is 5.76. The average Bonchev–Trinajstić information content (AvgIpc) is 3.01. The molecule has 2 rings (SSSR count). The van der Waals surface area contributed by atoms with Gasteiger partial charge in [-0.25, -0.2) is 4.98 Å². The lowest BCUT2D eigenvalue weighted by atomic mass is 10.2. The number of hydrogen-bond acceptors (Lipinski definition) is 5. The van der Waals surface area contributed by atoms with Gasteiger partial charge >= 0.3 is 0 Å². The standard InChI is InChI=1S/C17H23N3O3/c1-12(2)23-16-8-7-13(10-18-16)17(21)19-11-14(20(3)4)15-6-5-9-22-15/h5-10,12,14H,11H2,1-4H3,(H,19,21)/t14-/m1/s1. The van der Waals surface area contributed by atoms with E-state index >= 15 is 0 Å². The number of ether oxygens (including phenoxy) is 1. The first kappa shape index (κ1) is 17.0. The Balaban J connectivity index is 1.95. The van der Waals surface area contributed by atoms with E-state index in [1.165, 1.54) is 6.20 Å². The fourth-order valence-electron chi connectivity index (χ4n) is 2.14. The van der Waals surface area contributed by atoms with Crippen molar-refractivity contribution >= 4 is 5.91 Å². The van der Waals surface area contributed by atoms with Crippen molar-refractivity contribution in [1.82, 2.24) is 15.2 Å². The first-order valence-corrected chi connectivity index (χ1v) is 7.58. The molecule has 0 radical (unpaired) electrons. The summed E-state index contributed by atoms with van der Waals surface area (Å²) in [7, 11) is 3.89. The predicted octanol–water partition coefficient (Wildman–Crippen LogP) is 2.49. The van der Waals surface area contributed by atoms with E-state index in [0.717, 1.165) is 5.76 Å². The van der Waals surface area contributed by atoms with Gasteiger partial charge in [-0.05, 0) is 46.1 Å². The van der Waals surface area contributed by atoms with Gasteiger partial charge in [0.1, 0.15) is 5.76 Å². The van der Waals surface area contributed by atoms with Crippen LogP contribution in [0, 0.1) is 0 Å². The van der Waals surface area contributed by atoms with Crippen LogP contribution in [0.15, 0.2) is 41.1 Å². The van der Waals surface area contributed by atoms with Crippen LogP contribution in [0.1, 0.15) is 36.0 Å². The molecule has 124 valence electrons. The van der Waals surface area contributed by atoms with Crippen LogP contribution in [0.25, 0.3) is 0 Å². The molecule has 6 heteroatoms. The lowest BCUT2D eigenvalue weighted by molar-refractivity contribution is 0.0938. The summed E-state index contributed by atoms with van der Waals surface area (Å²) in [6, 6.07) is 7.12. The Morgan fingerprint density at radius 3 is 2.65 bits per heavy atom. The number of nitrogens with zero attached hydrogens (tertiary/aromatic N) is 2. The fraction of sp³-hybridized carbons (Fsp3) is 0.412. The van der Waals surface area contributed by atoms with E-state index in [2.05, 4.69) is 10.3 Å². The lowest BCUT2D eigenvalue weighted by Crippen LogP contribution is -2.34. The van der Waals surface area contributed by atoms with Crippen LogP contribution < -0.4 is 10.1 Å². The van der Waals surface area contributed by atoms with Crippen LogP contribution in [0.2, 0.25) is 0 Å². The summed E-state index contributed by atoms with van der Waals surface area (Å²) in [6.07, 6.45) is 3.20. The van der Waals surface area contributed by atoms with Gasteiger partial charge in [-0.1, -0.05) is 0 Å². The van der Waals surface area contributed by atoms with E-state index in [0.29, 0.717) is 18.0 Å². The number of rotatable bonds is 7. The molecule has 1 atom stereocenters. The molecule has 0 saturated carbocycles. The number of aromatic nitrogens is 1. The molecule has 0 aromatic carbocycles. The van der Waals surface area contributed by atoms with E-state index in [1.807, 2.05) is 45.0 Å². The van der Waals surface area contributed by atoms with E-state index in [9.17, 15) is 4.79 Å². The zero-order valence-corrected chi connectivity index (χ0v) is 13.9. The quantitative estimate of drug-likeness (QED) is 0.850. The zero-order valence-electron chi connectivity index (χ0n) is 13.9. The number of pyridine rings is 1. The minimum Gasteiger partial charge on any atom is -0.475 e. The Bertz CT molecular complexity index is 607. The summed E-state index contributed by atoms with van der Waals surface area (Å²) in [5.41, 5.74) is 0.498. The van der Waals surface area contributed by atoms with Crippen LogP contribution in [0.3, 0.4) is 0 Å². The maximum atomic E-state index is 12.2. The van der Waals surface area contributed by atoms with Gasteiger partial charge < -0.3 is 14.5 Å². The van der Waals surface area contributed by atoms with Gasteiger partial charge in [-0.2, -0.15) is 0 Å². The number of hydrogen-bond donors (Lipinski definition) is 1. The van der Waals surface area contributed by atoms with Crippen molar-refractivity contribution < 1.29 is 13.9 Å². The molecule has 0 fully saturated rings. The molecule has 1 amide bonds. The van der Waals surface area contributed by atoms with Crippen molar-refractivity contribution in [1.29, 1.82) is 0 Å². The zero-order chi connectivity index (χ0) is 16.8. The molecule has 0 aliphatic carbocycles. The molecule has 0 aliphatic rings. The van der Waals surface area contributed by atoms with E-state index in [1.54, 1.807) is 18.4 Å². The average molecular weight is 317 g/mol. The van der Waals surface area contributed by atoms with Gasteiger partial charge in [0, 0.05) is 18.8 Å². The van der Waals surface area contributed by atoms with Gasteiger partial charge in [-0.3, -0.25) is 9.69 Å². The van der Waals surface area contributed by atoms with Crippen LogP contribution >= 0.6 is 0 Å². The SMILES string of the molecule is CC(C)Oc1ccc(C(=O)NC[C@H](c2ccco2)N(C)C)cn1. The molecule has 1 N–H and O–H groups in total. The largest absolute Gasteiger partial charge is 0.475 e. The number of likely N-dealkylation sites (N-methyl/N-ethyl adjacent to an activating group) is 1. The van der Waals surface area contributed by atoms with Crippen LogP contribution in [-0.4, -0.2) is 42.5 Å². The number of carbonyl (C=O) groups is 1. The highest BCUT2D eigenvalue weighted by Gasteiger charge is 2.18. The lowest BCUT2D eigenvalue weighted by Gasteiger charge is -2.22. The highest BCUT2D eigenvalue weighted by atomic mass is 16.5. The Kier molecular flexibility index (Phi) is 5.76. The minimum absolute atomic E-state index is 0.0227. The highest BCUT2D eigenvalue weighted by molar-refractivity contribution is 5.93. The number of nitrogens with one attached hydrogen (secondary N) is 1. The number of amides is 1. The second-order valence-corrected chi connectivity index (χ2v) is 5.76. The van der Waals surface area contributed by atoms with Crippen LogP contribution in [-0.2, 0) is 0 Å². The van der Waals surface area contributed by atoms with Gasteiger partial charge in [0.2, 0.25) is 5.88 Å². The monoisotopic (exact) mass is 317 g/mol. The summed E-state index contributed by atoms with van der Waals surface area (Å²) >= 11 is 0. The molecular weight excluding hydrogens is 294 g/mol. The third kappa shape index (κ3) is 4.82. The first-order valence-electron chi connectivity index (χ1n) is 7.58. The first-order chi connectivity index (χ1) is 11.0. The topological polar surface area (TPSA) is 67.6 Å². The molecule has 0 unspecified atom stereocenters. The fourth-order valence-corrected chi connectivity index (χ4v) is 2.14. The molecule has 6 nitrogen and oxygen atoms in total. The molecule has 0 bridgehead atoms. The van der Waals surface area contributed by atoms with E-state index in [4.69, 9.17) is 9.15 Å². The predicted molar refractivity (Wildman–Crippen MR) is 87.5 cm³/mol. The third-order valence-electron chi connectivity index (χ3n) is 3.31. The molecule has 0 aliphatic heterocycles. The van der Waals surface area contributed by atoms with Crippen LogP contribution in [0.4, 0.5) is 0 Å². The smallest absolute Gasteiger partial charge is 0.252 e. The molecule has 2 aromatic rings. The van der Waals surface area contributed by atoms with Crippen molar-refractivity contribution in [2.75, 3.05) is 20.6 Å². The molecule has 0 saturated heterocycles. The number of furan rings is 1. The normalized spacial score (nSPS) is 12.4. The molecule has 0 spiro atoms. The Labute approximate surface area is 136 Å². The van der Waals surface area contributed by atoms with Gasteiger partial charge in [0.25, 0.3) is 5.91 Å². The van der Waals surface area contributed by atoms with Gasteiger partial charge in [0.15, 0.2) is 0 Å².